The Balaban J connectivity index is 1.53. The van der Waals surface area contributed by atoms with Crippen LogP contribution in [0.25, 0.3) is 5.69 Å². The van der Waals surface area contributed by atoms with Crippen LogP contribution in [0.5, 0.6) is 0 Å². The molecule has 1 aromatic carbocycles. The molecular weight excluding hydrogens is 380 g/mol. The SMILES string of the molecule is Cc1nnc(C2CCCN2CC(=O)Nc2cc(C(C)(C)C)nn2-c2ccccc2)o1. The summed E-state index contributed by atoms with van der Waals surface area (Å²) in [5, 5.41) is 15.9. The number of hydrogen-bond donors (Lipinski definition) is 1. The summed E-state index contributed by atoms with van der Waals surface area (Å²) < 4.78 is 7.40. The minimum atomic E-state index is -0.130. The molecule has 8 heteroatoms. The normalized spacial score (nSPS) is 17.4. The molecule has 1 aliphatic heterocycles. The highest BCUT2D eigenvalue weighted by molar-refractivity contribution is 5.91. The highest BCUT2D eigenvalue weighted by Gasteiger charge is 2.32. The average Bonchev–Trinajstić information content (AvgIpc) is 3.42. The van der Waals surface area contributed by atoms with E-state index in [1.54, 1.807) is 11.6 Å². The van der Waals surface area contributed by atoms with Gasteiger partial charge in [0.15, 0.2) is 0 Å². The number of hydrogen-bond acceptors (Lipinski definition) is 6. The van der Waals surface area contributed by atoms with Gasteiger partial charge in [-0.15, -0.1) is 10.2 Å². The largest absolute Gasteiger partial charge is 0.424 e. The predicted molar refractivity (Wildman–Crippen MR) is 113 cm³/mol. The first kappa shape index (κ1) is 20.3. The van der Waals surface area contributed by atoms with Gasteiger partial charge in [-0.25, -0.2) is 4.68 Å². The molecule has 1 amide bonds. The molecule has 0 saturated carbocycles. The molecule has 1 unspecified atom stereocenters. The van der Waals surface area contributed by atoms with Crippen molar-refractivity contribution in [3.05, 3.63) is 53.9 Å². The van der Waals surface area contributed by atoms with Crippen molar-refractivity contribution in [2.45, 2.75) is 52.0 Å². The molecule has 3 heterocycles. The summed E-state index contributed by atoms with van der Waals surface area (Å²) in [5.74, 6) is 1.71. The number of nitrogens with one attached hydrogen (secondary N) is 1. The molecule has 1 N–H and O–H groups in total. The molecule has 1 fully saturated rings. The summed E-state index contributed by atoms with van der Waals surface area (Å²) in [6.45, 7) is 9.19. The van der Waals surface area contributed by atoms with E-state index in [1.807, 2.05) is 36.4 Å². The van der Waals surface area contributed by atoms with Gasteiger partial charge in [0, 0.05) is 18.4 Å². The van der Waals surface area contributed by atoms with E-state index in [0.717, 1.165) is 30.8 Å². The smallest absolute Gasteiger partial charge is 0.239 e. The summed E-state index contributed by atoms with van der Waals surface area (Å²) in [7, 11) is 0. The Hall–Kier alpha value is -3.00. The third-order valence-electron chi connectivity index (χ3n) is 5.28. The monoisotopic (exact) mass is 408 g/mol. The second-order valence-corrected chi connectivity index (χ2v) is 8.75. The molecule has 158 valence electrons. The van der Waals surface area contributed by atoms with Gasteiger partial charge >= 0.3 is 0 Å². The lowest BCUT2D eigenvalue weighted by Crippen LogP contribution is -2.33. The second-order valence-electron chi connectivity index (χ2n) is 8.75. The Morgan fingerprint density at radius 3 is 2.67 bits per heavy atom. The Morgan fingerprint density at radius 1 is 1.23 bits per heavy atom. The van der Waals surface area contributed by atoms with Gasteiger partial charge in [-0.3, -0.25) is 9.69 Å². The first-order valence-electron chi connectivity index (χ1n) is 10.3. The topological polar surface area (TPSA) is 89.1 Å². The van der Waals surface area contributed by atoms with Crippen LogP contribution in [-0.2, 0) is 10.2 Å². The van der Waals surface area contributed by atoms with E-state index in [-0.39, 0.29) is 23.9 Å². The standard InChI is InChI=1S/C22H28N6O2/c1-15-24-25-21(30-15)17-11-8-12-27(17)14-20(29)23-19-13-18(22(2,3)4)26-28(19)16-9-6-5-7-10-16/h5-7,9-10,13,17H,8,11-12,14H2,1-4H3,(H,23,29). The van der Waals surface area contributed by atoms with E-state index in [9.17, 15) is 4.79 Å². The number of rotatable bonds is 5. The molecular formula is C22H28N6O2. The number of likely N-dealkylation sites (tertiary alicyclic amines) is 1. The molecule has 3 aromatic rings. The number of aromatic nitrogens is 4. The molecule has 1 aliphatic rings. The van der Waals surface area contributed by atoms with Crippen LogP contribution >= 0.6 is 0 Å². The summed E-state index contributed by atoms with van der Waals surface area (Å²) in [4.78, 5) is 15.0. The lowest BCUT2D eigenvalue weighted by atomic mass is 9.92. The van der Waals surface area contributed by atoms with Crippen LogP contribution in [0.4, 0.5) is 5.82 Å². The molecule has 1 saturated heterocycles. The molecule has 0 bridgehead atoms. The van der Waals surface area contributed by atoms with Crippen LogP contribution in [0.3, 0.4) is 0 Å². The Morgan fingerprint density at radius 2 is 2.00 bits per heavy atom. The molecule has 30 heavy (non-hydrogen) atoms. The van der Waals surface area contributed by atoms with Crippen molar-refractivity contribution in [1.29, 1.82) is 0 Å². The number of nitrogens with zero attached hydrogens (tertiary/aromatic N) is 5. The number of carbonyl (C=O) groups excluding carboxylic acids is 1. The molecule has 0 aliphatic carbocycles. The maximum Gasteiger partial charge on any atom is 0.239 e. The van der Waals surface area contributed by atoms with E-state index in [2.05, 4.69) is 41.2 Å². The maximum absolute atomic E-state index is 12.9. The zero-order chi connectivity index (χ0) is 21.3. The van der Waals surface area contributed by atoms with Crippen LogP contribution in [0.15, 0.2) is 40.8 Å². The summed E-state index contributed by atoms with van der Waals surface area (Å²) >= 11 is 0. The molecule has 0 spiro atoms. The van der Waals surface area contributed by atoms with Crippen molar-refractivity contribution < 1.29 is 9.21 Å². The predicted octanol–water partition coefficient (Wildman–Crippen LogP) is 3.64. The zero-order valence-corrected chi connectivity index (χ0v) is 17.9. The van der Waals surface area contributed by atoms with Crippen molar-refractivity contribution >= 4 is 11.7 Å². The van der Waals surface area contributed by atoms with Crippen molar-refractivity contribution in [2.75, 3.05) is 18.4 Å². The first-order valence-corrected chi connectivity index (χ1v) is 10.3. The van der Waals surface area contributed by atoms with Crippen molar-refractivity contribution in [3.63, 3.8) is 0 Å². The number of aryl methyl sites for hydroxylation is 1. The van der Waals surface area contributed by atoms with Crippen molar-refractivity contribution in [1.82, 2.24) is 24.9 Å². The van der Waals surface area contributed by atoms with Gasteiger partial charge in [-0.1, -0.05) is 39.0 Å². The number of para-hydroxylation sites is 1. The zero-order valence-electron chi connectivity index (χ0n) is 17.9. The Bertz CT molecular complexity index is 1020. The summed E-state index contributed by atoms with van der Waals surface area (Å²) in [5.41, 5.74) is 1.70. The van der Waals surface area contributed by atoms with E-state index in [4.69, 9.17) is 9.52 Å². The van der Waals surface area contributed by atoms with Crippen molar-refractivity contribution in [2.24, 2.45) is 0 Å². The second kappa shape index (κ2) is 8.02. The molecule has 4 rings (SSSR count). The van der Waals surface area contributed by atoms with E-state index < -0.39 is 0 Å². The van der Waals surface area contributed by atoms with Gasteiger partial charge in [0.2, 0.25) is 17.7 Å². The fourth-order valence-electron chi connectivity index (χ4n) is 3.71. The van der Waals surface area contributed by atoms with Gasteiger partial charge in [-0.2, -0.15) is 5.10 Å². The number of benzene rings is 1. The van der Waals surface area contributed by atoms with Crippen LogP contribution < -0.4 is 5.32 Å². The highest BCUT2D eigenvalue weighted by atomic mass is 16.4. The average molecular weight is 409 g/mol. The molecule has 2 aromatic heterocycles. The highest BCUT2D eigenvalue weighted by Crippen LogP contribution is 2.31. The van der Waals surface area contributed by atoms with E-state index in [1.165, 1.54) is 0 Å². The molecule has 0 radical (unpaired) electrons. The van der Waals surface area contributed by atoms with Crippen LogP contribution in [0.2, 0.25) is 0 Å². The Labute approximate surface area is 176 Å². The van der Waals surface area contributed by atoms with Crippen molar-refractivity contribution in [3.8, 4) is 5.69 Å². The van der Waals surface area contributed by atoms with Gasteiger partial charge in [0.05, 0.1) is 24.0 Å². The molecule has 8 nitrogen and oxygen atoms in total. The minimum absolute atomic E-state index is 0.0129. The third-order valence-corrected chi connectivity index (χ3v) is 5.28. The van der Waals surface area contributed by atoms with Gasteiger partial charge in [0.1, 0.15) is 5.82 Å². The summed E-state index contributed by atoms with van der Waals surface area (Å²) in [6, 6.07) is 11.8. The maximum atomic E-state index is 12.9. The summed E-state index contributed by atoms with van der Waals surface area (Å²) in [6.07, 6.45) is 1.90. The fourth-order valence-corrected chi connectivity index (χ4v) is 3.71. The number of anilines is 1. The van der Waals surface area contributed by atoms with Gasteiger partial charge in [0.25, 0.3) is 0 Å². The van der Waals surface area contributed by atoms with Crippen LogP contribution in [0.1, 0.15) is 57.1 Å². The van der Waals surface area contributed by atoms with Crippen LogP contribution in [-0.4, -0.2) is 43.9 Å². The minimum Gasteiger partial charge on any atom is -0.424 e. The van der Waals surface area contributed by atoms with E-state index in [0.29, 0.717) is 17.6 Å². The van der Waals surface area contributed by atoms with E-state index >= 15 is 0 Å². The quantitative estimate of drug-likeness (QED) is 0.693. The van der Waals surface area contributed by atoms with Gasteiger partial charge in [-0.05, 0) is 31.5 Å². The number of carbonyl (C=O) groups is 1. The number of amides is 1. The lowest BCUT2D eigenvalue weighted by Gasteiger charge is -2.21. The fraction of sp³-hybridized carbons (Fsp3) is 0.455. The lowest BCUT2D eigenvalue weighted by molar-refractivity contribution is -0.117. The van der Waals surface area contributed by atoms with Gasteiger partial charge < -0.3 is 9.73 Å². The third kappa shape index (κ3) is 4.28. The Kier molecular flexibility index (Phi) is 5.42. The first-order chi connectivity index (χ1) is 14.3. The van der Waals surface area contributed by atoms with Crippen LogP contribution in [0, 0.1) is 6.92 Å². The molecule has 1 atom stereocenters.